The number of aliphatic hydroxyl groups excluding tert-OH is 1. The zero-order valence-corrected chi connectivity index (χ0v) is 10.4. The number of nitrogens with zero attached hydrogens (tertiary/aromatic N) is 1. The third-order valence-electron chi connectivity index (χ3n) is 2.90. The minimum Gasteiger partial charge on any atom is -0.387 e. The fourth-order valence-corrected chi connectivity index (χ4v) is 1.87. The van der Waals surface area contributed by atoms with E-state index < -0.39 is 6.10 Å². The molecule has 2 atom stereocenters. The molecule has 0 amide bonds. The van der Waals surface area contributed by atoms with Crippen LogP contribution in [0.25, 0.3) is 0 Å². The first kappa shape index (κ1) is 13.7. The van der Waals surface area contributed by atoms with Crippen LogP contribution in [-0.4, -0.2) is 29.1 Å². The first-order valence-electron chi connectivity index (χ1n) is 5.89. The van der Waals surface area contributed by atoms with Crippen LogP contribution in [0.1, 0.15) is 18.6 Å². The second-order valence-corrected chi connectivity index (χ2v) is 4.13. The van der Waals surface area contributed by atoms with Gasteiger partial charge in [0.1, 0.15) is 0 Å². The molecule has 0 saturated heterocycles. The Balaban J connectivity index is 2.75. The van der Waals surface area contributed by atoms with Gasteiger partial charge in [-0.1, -0.05) is 42.5 Å². The highest BCUT2D eigenvalue weighted by atomic mass is 16.3. The Bertz CT molecular complexity index is 337. The molecule has 0 fully saturated rings. The molecule has 0 radical (unpaired) electrons. The highest BCUT2D eigenvalue weighted by Gasteiger charge is 2.21. The maximum atomic E-state index is 10.3. The second kappa shape index (κ2) is 7.05. The van der Waals surface area contributed by atoms with Crippen LogP contribution in [0.4, 0.5) is 0 Å². The molecule has 0 aliphatic heterocycles. The Morgan fingerprint density at radius 2 is 1.71 bits per heavy atom. The first-order valence-corrected chi connectivity index (χ1v) is 5.89. The van der Waals surface area contributed by atoms with Gasteiger partial charge >= 0.3 is 0 Å². The Morgan fingerprint density at radius 1 is 1.18 bits per heavy atom. The SMILES string of the molecule is C=CCN(CC=C)[C@H](C)[C@@H](O)c1ccccc1. The quantitative estimate of drug-likeness (QED) is 0.729. The summed E-state index contributed by atoms with van der Waals surface area (Å²) in [5, 5.41) is 10.3. The number of hydrogen-bond acceptors (Lipinski definition) is 2. The third kappa shape index (κ3) is 3.84. The fourth-order valence-electron chi connectivity index (χ4n) is 1.87. The van der Waals surface area contributed by atoms with Gasteiger partial charge in [-0.25, -0.2) is 0 Å². The predicted octanol–water partition coefficient (Wildman–Crippen LogP) is 2.78. The molecule has 92 valence electrons. The largest absolute Gasteiger partial charge is 0.387 e. The Morgan fingerprint density at radius 3 is 2.18 bits per heavy atom. The molecule has 0 saturated carbocycles. The normalized spacial score (nSPS) is 14.3. The van der Waals surface area contributed by atoms with Gasteiger partial charge in [-0.15, -0.1) is 13.2 Å². The molecule has 0 aliphatic carbocycles. The molecule has 1 N–H and O–H groups in total. The topological polar surface area (TPSA) is 23.5 Å². The molecule has 1 aromatic carbocycles. The molecule has 1 rings (SSSR count). The zero-order chi connectivity index (χ0) is 12.7. The molecular formula is C15H21NO. The molecule has 0 spiro atoms. The molecule has 0 aliphatic rings. The van der Waals surface area contributed by atoms with Crippen molar-refractivity contribution in [2.24, 2.45) is 0 Å². The van der Waals surface area contributed by atoms with Crippen molar-refractivity contribution in [2.75, 3.05) is 13.1 Å². The summed E-state index contributed by atoms with van der Waals surface area (Å²) in [6, 6.07) is 9.76. The standard InChI is InChI=1S/C15H21NO/c1-4-11-16(12-5-2)13(3)15(17)14-9-7-6-8-10-14/h4-10,13,15,17H,1-2,11-12H2,3H3/t13-,15-/m1/s1. The van der Waals surface area contributed by atoms with E-state index in [9.17, 15) is 5.11 Å². The van der Waals surface area contributed by atoms with Crippen molar-refractivity contribution in [3.05, 3.63) is 61.2 Å². The van der Waals surface area contributed by atoms with E-state index in [1.54, 1.807) is 0 Å². The summed E-state index contributed by atoms with van der Waals surface area (Å²) in [7, 11) is 0. The molecule has 1 aromatic rings. The second-order valence-electron chi connectivity index (χ2n) is 4.13. The number of benzene rings is 1. The van der Waals surface area contributed by atoms with E-state index in [4.69, 9.17) is 0 Å². The van der Waals surface area contributed by atoms with E-state index in [2.05, 4.69) is 18.1 Å². The summed E-state index contributed by atoms with van der Waals surface area (Å²) in [6.45, 7) is 11.0. The van der Waals surface area contributed by atoms with Crippen LogP contribution in [0.5, 0.6) is 0 Å². The molecule has 0 bridgehead atoms. The van der Waals surface area contributed by atoms with Gasteiger partial charge in [-0.05, 0) is 12.5 Å². The summed E-state index contributed by atoms with van der Waals surface area (Å²) >= 11 is 0. The van der Waals surface area contributed by atoms with E-state index in [0.717, 1.165) is 18.7 Å². The van der Waals surface area contributed by atoms with Crippen molar-refractivity contribution in [1.29, 1.82) is 0 Å². The smallest absolute Gasteiger partial charge is 0.0942 e. The molecule has 2 nitrogen and oxygen atoms in total. The van der Waals surface area contributed by atoms with E-state index in [1.807, 2.05) is 49.4 Å². The van der Waals surface area contributed by atoms with Gasteiger partial charge < -0.3 is 5.11 Å². The van der Waals surface area contributed by atoms with E-state index >= 15 is 0 Å². The lowest BCUT2D eigenvalue weighted by molar-refractivity contribution is 0.0709. The van der Waals surface area contributed by atoms with Gasteiger partial charge in [0, 0.05) is 19.1 Å². The number of hydrogen-bond donors (Lipinski definition) is 1. The summed E-state index contributed by atoms with van der Waals surface area (Å²) in [5.74, 6) is 0. The van der Waals surface area contributed by atoms with Crippen molar-refractivity contribution >= 4 is 0 Å². The zero-order valence-electron chi connectivity index (χ0n) is 10.4. The predicted molar refractivity (Wildman–Crippen MR) is 72.8 cm³/mol. The van der Waals surface area contributed by atoms with Gasteiger partial charge in [0.2, 0.25) is 0 Å². The number of aliphatic hydroxyl groups is 1. The van der Waals surface area contributed by atoms with Crippen LogP contribution in [-0.2, 0) is 0 Å². The van der Waals surface area contributed by atoms with Crippen LogP contribution < -0.4 is 0 Å². The van der Waals surface area contributed by atoms with Crippen molar-refractivity contribution in [3.63, 3.8) is 0 Å². The van der Waals surface area contributed by atoms with Crippen LogP contribution in [0.2, 0.25) is 0 Å². The third-order valence-corrected chi connectivity index (χ3v) is 2.90. The van der Waals surface area contributed by atoms with Crippen molar-refractivity contribution < 1.29 is 5.11 Å². The average molecular weight is 231 g/mol. The fraction of sp³-hybridized carbons (Fsp3) is 0.333. The van der Waals surface area contributed by atoms with Gasteiger partial charge in [0.25, 0.3) is 0 Å². The lowest BCUT2D eigenvalue weighted by atomic mass is 10.0. The lowest BCUT2D eigenvalue weighted by Crippen LogP contribution is -2.37. The molecular weight excluding hydrogens is 210 g/mol. The van der Waals surface area contributed by atoms with Crippen LogP contribution in [0.15, 0.2) is 55.6 Å². The van der Waals surface area contributed by atoms with Gasteiger partial charge in [-0.2, -0.15) is 0 Å². The summed E-state index contributed by atoms with van der Waals surface area (Å²) in [6.07, 6.45) is 3.20. The van der Waals surface area contributed by atoms with Gasteiger partial charge in [0.05, 0.1) is 6.10 Å². The Labute approximate surface area is 104 Å². The Kier molecular flexibility index (Phi) is 5.67. The summed E-state index contributed by atoms with van der Waals surface area (Å²) in [4.78, 5) is 2.14. The van der Waals surface area contributed by atoms with Crippen molar-refractivity contribution in [3.8, 4) is 0 Å². The summed E-state index contributed by atoms with van der Waals surface area (Å²) in [5.41, 5.74) is 0.943. The maximum absolute atomic E-state index is 10.3. The highest BCUT2D eigenvalue weighted by Crippen LogP contribution is 2.20. The molecule has 17 heavy (non-hydrogen) atoms. The summed E-state index contributed by atoms with van der Waals surface area (Å²) < 4.78 is 0. The van der Waals surface area contributed by atoms with Gasteiger partial charge in [-0.3, -0.25) is 4.90 Å². The average Bonchev–Trinajstić information content (AvgIpc) is 2.38. The van der Waals surface area contributed by atoms with Crippen molar-refractivity contribution in [1.82, 2.24) is 4.90 Å². The maximum Gasteiger partial charge on any atom is 0.0942 e. The van der Waals surface area contributed by atoms with Crippen molar-refractivity contribution in [2.45, 2.75) is 19.1 Å². The monoisotopic (exact) mass is 231 g/mol. The Hall–Kier alpha value is -1.38. The van der Waals surface area contributed by atoms with E-state index in [-0.39, 0.29) is 6.04 Å². The molecule has 0 aromatic heterocycles. The lowest BCUT2D eigenvalue weighted by Gasteiger charge is -2.30. The highest BCUT2D eigenvalue weighted by molar-refractivity contribution is 5.18. The molecule has 0 unspecified atom stereocenters. The minimum absolute atomic E-state index is 0.0356. The minimum atomic E-state index is -0.490. The van der Waals surface area contributed by atoms with Crippen LogP contribution >= 0.6 is 0 Å². The molecule has 0 heterocycles. The molecule has 2 heteroatoms. The van der Waals surface area contributed by atoms with E-state index in [1.165, 1.54) is 0 Å². The van der Waals surface area contributed by atoms with E-state index in [0.29, 0.717) is 0 Å². The number of rotatable bonds is 7. The van der Waals surface area contributed by atoms with Crippen LogP contribution in [0.3, 0.4) is 0 Å². The van der Waals surface area contributed by atoms with Gasteiger partial charge in [0.15, 0.2) is 0 Å². The first-order chi connectivity index (χ1) is 8.20. The van der Waals surface area contributed by atoms with Crippen LogP contribution in [0, 0.1) is 0 Å².